The number of ether oxygens (including phenoxy) is 1. The van der Waals surface area contributed by atoms with Crippen LogP contribution < -0.4 is 5.32 Å². The lowest BCUT2D eigenvalue weighted by molar-refractivity contribution is -0.145. The SMILES string of the molecule is C[C@H]1CN(S(=O)(=O)c2cccc(F)c2)CC[C@]12CC[C@H](C(=O)NCC1CC1)O2. The first kappa shape index (κ1) is 19.8. The molecule has 1 aromatic rings. The number of nitrogens with one attached hydrogen (secondary N) is 1. The minimum Gasteiger partial charge on any atom is -0.362 e. The van der Waals surface area contributed by atoms with Crippen molar-refractivity contribution in [3.63, 3.8) is 0 Å². The summed E-state index contributed by atoms with van der Waals surface area (Å²) in [6.07, 6.45) is 3.87. The molecule has 8 heteroatoms. The van der Waals surface area contributed by atoms with Crippen molar-refractivity contribution in [2.75, 3.05) is 19.6 Å². The maximum Gasteiger partial charge on any atom is 0.249 e. The zero-order valence-electron chi connectivity index (χ0n) is 16.1. The zero-order chi connectivity index (χ0) is 19.9. The molecule has 4 rings (SSSR count). The molecule has 1 saturated carbocycles. The Labute approximate surface area is 165 Å². The second-order valence-electron chi connectivity index (χ2n) is 8.37. The van der Waals surface area contributed by atoms with Crippen LogP contribution in [-0.2, 0) is 19.6 Å². The highest BCUT2D eigenvalue weighted by Gasteiger charge is 2.50. The van der Waals surface area contributed by atoms with Gasteiger partial charge in [-0.15, -0.1) is 0 Å². The summed E-state index contributed by atoms with van der Waals surface area (Å²) >= 11 is 0. The molecule has 0 radical (unpaired) electrons. The fourth-order valence-electron chi connectivity index (χ4n) is 4.31. The van der Waals surface area contributed by atoms with E-state index in [9.17, 15) is 17.6 Å². The van der Waals surface area contributed by atoms with Crippen molar-refractivity contribution in [3.05, 3.63) is 30.1 Å². The highest BCUT2D eigenvalue weighted by atomic mass is 32.2. The van der Waals surface area contributed by atoms with E-state index >= 15 is 0 Å². The number of amides is 1. The predicted octanol–water partition coefficient (Wildman–Crippen LogP) is 2.30. The number of carbonyl (C=O) groups excluding carboxylic acids is 1. The van der Waals surface area contributed by atoms with Crippen molar-refractivity contribution in [1.82, 2.24) is 9.62 Å². The molecule has 1 N–H and O–H groups in total. The third-order valence-electron chi connectivity index (χ3n) is 6.35. The van der Waals surface area contributed by atoms with Gasteiger partial charge in [0, 0.05) is 19.6 Å². The topological polar surface area (TPSA) is 75.7 Å². The first-order valence-corrected chi connectivity index (χ1v) is 11.5. The van der Waals surface area contributed by atoms with Crippen LogP contribution in [0.3, 0.4) is 0 Å². The Morgan fingerprint density at radius 2 is 2.11 bits per heavy atom. The second-order valence-corrected chi connectivity index (χ2v) is 10.3. The summed E-state index contributed by atoms with van der Waals surface area (Å²) < 4.78 is 46.8. The molecule has 1 amide bonds. The summed E-state index contributed by atoms with van der Waals surface area (Å²) in [5.41, 5.74) is -0.463. The molecule has 0 bridgehead atoms. The molecule has 28 heavy (non-hydrogen) atoms. The van der Waals surface area contributed by atoms with Crippen LogP contribution in [0, 0.1) is 17.7 Å². The number of hydrogen-bond donors (Lipinski definition) is 1. The largest absolute Gasteiger partial charge is 0.362 e. The summed E-state index contributed by atoms with van der Waals surface area (Å²) in [4.78, 5) is 12.3. The van der Waals surface area contributed by atoms with E-state index in [4.69, 9.17) is 4.74 Å². The van der Waals surface area contributed by atoms with Crippen LogP contribution in [0.5, 0.6) is 0 Å². The Morgan fingerprint density at radius 3 is 2.79 bits per heavy atom. The van der Waals surface area contributed by atoms with Gasteiger partial charge in [0.15, 0.2) is 0 Å². The number of rotatable bonds is 5. The molecule has 0 aromatic heterocycles. The number of halogens is 1. The normalized spacial score (nSPS) is 31.2. The van der Waals surface area contributed by atoms with E-state index in [1.54, 1.807) is 0 Å². The van der Waals surface area contributed by atoms with Gasteiger partial charge >= 0.3 is 0 Å². The lowest BCUT2D eigenvalue weighted by Gasteiger charge is -2.43. The minimum absolute atomic E-state index is 0.0275. The van der Waals surface area contributed by atoms with E-state index in [2.05, 4.69) is 5.32 Å². The fourth-order valence-corrected chi connectivity index (χ4v) is 5.87. The van der Waals surface area contributed by atoms with Gasteiger partial charge in [0.05, 0.1) is 10.5 Å². The van der Waals surface area contributed by atoms with Crippen LogP contribution in [-0.4, -0.2) is 50.0 Å². The van der Waals surface area contributed by atoms with E-state index in [0.29, 0.717) is 31.8 Å². The van der Waals surface area contributed by atoms with Crippen LogP contribution in [0.25, 0.3) is 0 Å². The van der Waals surface area contributed by atoms with Gasteiger partial charge in [0.25, 0.3) is 0 Å². The van der Waals surface area contributed by atoms with Crippen molar-refractivity contribution in [2.24, 2.45) is 11.8 Å². The Hall–Kier alpha value is -1.51. The lowest BCUT2D eigenvalue weighted by Crippen LogP contribution is -2.53. The van der Waals surface area contributed by atoms with Gasteiger partial charge < -0.3 is 10.1 Å². The predicted molar refractivity (Wildman–Crippen MR) is 102 cm³/mol. The Balaban J connectivity index is 1.40. The van der Waals surface area contributed by atoms with Crippen LogP contribution >= 0.6 is 0 Å². The molecule has 154 valence electrons. The Morgan fingerprint density at radius 1 is 1.32 bits per heavy atom. The van der Waals surface area contributed by atoms with Crippen LogP contribution in [0.1, 0.15) is 39.0 Å². The first-order chi connectivity index (χ1) is 13.3. The van der Waals surface area contributed by atoms with Gasteiger partial charge in [0.1, 0.15) is 11.9 Å². The molecular weight excluding hydrogens is 383 g/mol. The van der Waals surface area contributed by atoms with Crippen LogP contribution in [0.4, 0.5) is 4.39 Å². The van der Waals surface area contributed by atoms with Crippen molar-refractivity contribution < 1.29 is 22.3 Å². The highest BCUT2D eigenvalue weighted by Crippen LogP contribution is 2.43. The monoisotopic (exact) mass is 410 g/mol. The minimum atomic E-state index is -3.75. The maximum absolute atomic E-state index is 13.5. The molecule has 2 aliphatic heterocycles. The number of hydrogen-bond acceptors (Lipinski definition) is 4. The number of sulfonamides is 1. The van der Waals surface area contributed by atoms with E-state index in [-0.39, 0.29) is 16.7 Å². The molecule has 0 unspecified atom stereocenters. The molecular formula is C20H27FN2O4S. The molecule has 3 aliphatic rings. The maximum atomic E-state index is 13.5. The van der Waals surface area contributed by atoms with Gasteiger partial charge in [-0.2, -0.15) is 4.31 Å². The number of benzene rings is 1. The van der Waals surface area contributed by atoms with Gasteiger partial charge in [-0.1, -0.05) is 13.0 Å². The van der Waals surface area contributed by atoms with Gasteiger partial charge in [-0.25, -0.2) is 12.8 Å². The average molecular weight is 411 g/mol. The highest BCUT2D eigenvalue weighted by molar-refractivity contribution is 7.89. The molecule has 3 fully saturated rings. The van der Waals surface area contributed by atoms with Crippen molar-refractivity contribution in [1.29, 1.82) is 0 Å². The average Bonchev–Trinajstić information content (AvgIpc) is 3.40. The van der Waals surface area contributed by atoms with Gasteiger partial charge in [-0.3, -0.25) is 4.79 Å². The van der Waals surface area contributed by atoms with E-state index < -0.39 is 27.5 Å². The molecule has 2 heterocycles. The Bertz CT molecular complexity index is 858. The van der Waals surface area contributed by atoms with Crippen molar-refractivity contribution in [3.8, 4) is 0 Å². The lowest BCUT2D eigenvalue weighted by atomic mass is 9.81. The first-order valence-electron chi connectivity index (χ1n) is 10.0. The zero-order valence-corrected chi connectivity index (χ0v) is 16.9. The van der Waals surface area contributed by atoms with E-state index in [0.717, 1.165) is 19.0 Å². The fraction of sp³-hybridized carbons (Fsp3) is 0.650. The summed E-state index contributed by atoms with van der Waals surface area (Å²) in [7, 11) is -3.75. The Kier molecular flexibility index (Phi) is 5.22. The molecule has 1 aromatic carbocycles. The van der Waals surface area contributed by atoms with Crippen LogP contribution in [0.15, 0.2) is 29.2 Å². The summed E-state index contributed by atoms with van der Waals surface area (Å²) in [6.45, 7) is 3.30. The van der Waals surface area contributed by atoms with Gasteiger partial charge in [-0.05, 0) is 62.1 Å². The van der Waals surface area contributed by atoms with E-state index in [1.165, 1.54) is 35.3 Å². The second kappa shape index (κ2) is 7.39. The van der Waals surface area contributed by atoms with Crippen LogP contribution in [0.2, 0.25) is 0 Å². The molecule has 1 spiro atoms. The van der Waals surface area contributed by atoms with E-state index in [1.807, 2.05) is 6.92 Å². The molecule has 3 atom stereocenters. The summed E-state index contributed by atoms with van der Waals surface area (Å²) in [6, 6.07) is 5.10. The summed E-state index contributed by atoms with van der Waals surface area (Å²) in [5, 5.41) is 2.98. The summed E-state index contributed by atoms with van der Waals surface area (Å²) in [5.74, 6) is -0.0483. The third kappa shape index (κ3) is 3.82. The number of piperidine rings is 1. The van der Waals surface area contributed by atoms with Crippen molar-refractivity contribution in [2.45, 2.75) is 55.6 Å². The number of nitrogens with zero attached hydrogens (tertiary/aromatic N) is 1. The van der Waals surface area contributed by atoms with Gasteiger partial charge in [0.2, 0.25) is 15.9 Å². The number of carbonyl (C=O) groups is 1. The molecule has 6 nitrogen and oxygen atoms in total. The third-order valence-corrected chi connectivity index (χ3v) is 8.22. The molecule has 1 aliphatic carbocycles. The molecule has 2 saturated heterocycles. The smallest absolute Gasteiger partial charge is 0.249 e. The van der Waals surface area contributed by atoms with Crippen molar-refractivity contribution >= 4 is 15.9 Å². The standard InChI is InChI=1S/C20H27FN2O4S/c1-14-13-23(28(25,26)17-4-2-3-16(21)11-17)10-9-20(14)8-7-18(27-20)19(24)22-12-15-5-6-15/h2-4,11,14-15,18H,5-10,12-13H2,1H3,(H,22,24)/t14-,18+,20+/m0/s1. The quantitative estimate of drug-likeness (QED) is 0.808.